The molecule has 1 atom stereocenters. The van der Waals surface area contributed by atoms with E-state index in [-0.39, 0.29) is 0 Å². The molecule has 0 fully saturated rings. The third-order valence-corrected chi connectivity index (χ3v) is 3.90. The second-order valence-corrected chi connectivity index (χ2v) is 5.67. The second kappa shape index (κ2) is 9.19. The van der Waals surface area contributed by atoms with E-state index in [1.807, 2.05) is 6.07 Å². The monoisotopic (exact) mass is 407 g/mol. The van der Waals surface area contributed by atoms with Crippen LogP contribution in [0.15, 0.2) is 46.9 Å². The molecule has 6 nitrogen and oxygen atoms in total. The minimum absolute atomic E-state index is 0.399. The third kappa shape index (κ3) is 5.30. The number of methoxy groups -OCH3 is 3. The first-order valence-corrected chi connectivity index (χ1v) is 8.13. The smallest absolute Gasteiger partial charge is 0.337 e. The quantitative estimate of drug-likeness (QED) is 0.514. The Hall–Kier alpha value is -2.38. The average molecular weight is 408 g/mol. The van der Waals surface area contributed by atoms with Crippen molar-refractivity contribution >= 4 is 28.0 Å². The SMILES string of the molecule is COC(=O)c1ccc(OC(/C=C/c2nc(OC)ccc2Br)OC)cc1. The lowest BCUT2D eigenvalue weighted by Crippen LogP contribution is -2.15. The van der Waals surface area contributed by atoms with Crippen LogP contribution < -0.4 is 9.47 Å². The molecule has 0 amide bonds. The van der Waals surface area contributed by atoms with Crippen LogP contribution in [0, 0.1) is 0 Å². The number of nitrogens with zero attached hydrogens (tertiary/aromatic N) is 1. The van der Waals surface area contributed by atoms with Crippen LogP contribution in [0.2, 0.25) is 0 Å². The Morgan fingerprint density at radius 2 is 1.84 bits per heavy atom. The van der Waals surface area contributed by atoms with Gasteiger partial charge in [0, 0.05) is 17.6 Å². The number of benzene rings is 1. The van der Waals surface area contributed by atoms with E-state index in [2.05, 4.69) is 25.7 Å². The summed E-state index contributed by atoms with van der Waals surface area (Å²) in [6.45, 7) is 0. The molecule has 132 valence electrons. The highest BCUT2D eigenvalue weighted by molar-refractivity contribution is 9.10. The molecular formula is C18H18BrNO5. The zero-order valence-electron chi connectivity index (χ0n) is 14.1. The molecule has 1 unspecified atom stereocenters. The highest BCUT2D eigenvalue weighted by atomic mass is 79.9. The van der Waals surface area contributed by atoms with Gasteiger partial charge in [-0.1, -0.05) is 0 Å². The largest absolute Gasteiger partial charge is 0.481 e. The summed E-state index contributed by atoms with van der Waals surface area (Å²) >= 11 is 3.43. The van der Waals surface area contributed by atoms with Crippen LogP contribution in [0.5, 0.6) is 11.6 Å². The van der Waals surface area contributed by atoms with Gasteiger partial charge in [-0.05, 0) is 58.4 Å². The molecule has 2 aromatic rings. The standard InChI is InChI=1S/C18H18BrNO5/c1-22-16-10-8-14(19)15(20-16)9-11-17(23-2)25-13-6-4-12(5-7-13)18(21)24-3/h4-11,17H,1-3H3/b11-9+. The van der Waals surface area contributed by atoms with E-state index in [1.165, 1.54) is 14.2 Å². The van der Waals surface area contributed by atoms with Crippen molar-refractivity contribution in [3.63, 3.8) is 0 Å². The summed E-state index contributed by atoms with van der Waals surface area (Å²) in [6, 6.07) is 10.2. The summed E-state index contributed by atoms with van der Waals surface area (Å²) in [5.41, 5.74) is 1.13. The number of carbonyl (C=O) groups is 1. The molecule has 0 saturated heterocycles. The van der Waals surface area contributed by atoms with E-state index in [0.29, 0.717) is 22.9 Å². The molecule has 0 saturated carbocycles. The van der Waals surface area contributed by atoms with Gasteiger partial charge >= 0.3 is 5.97 Å². The normalized spacial score (nSPS) is 12.0. The lowest BCUT2D eigenvalue weighted by atomic mass is 10.2. The number of rotatable bonds is 7. The molecule has 1 aromatic heterocycles. The molecule has 25 heavy (non-hydrogen) atoms. The van der Waals surface area contributed by atoms with Crippen LogP contribution >= 0.6 is 15.9 Å². The average Bonchev–Trinajstić information content (AvgIpc) is 2.66. The Morgan fingerprint density at radius 3 is 2.44 bits per heavy atom. The molecule has 0 aliphatic rings. The van der Waals surface area contributed by atoms with E-state index in [4.69, 9.17) is 14.2 Å². The molecule has 1 aromatic carbocycles. The van der Waals surface area contributed by atoms with Crippen LogP contribution in [0.1, 0.15) is 16.1 Å². The molecule has 1 heterocycles. The van der Waals surface area contributed by atoms with Crippen LogP contribution in [0.25, 0.3) is 6.08 Å². The summed E-state index contributed by atoms with van der Waals surface area (Å²) in [5.74, 6) is 0.668. The van der Waals surface area contributed by atoms with Gasteiger partial charge in [0.05, 0.1) is 25.5 Å². The van der Waals surface area contributed by atoms with E-state index in [1.54, 1.807) is 49.6 Å². The molecule has 0 radical (unpaired) electrons. The molecule has 0 N–H and O–H groups in total. The summed E-state index contributed by atoms with van der Waals surface area (Å²) in [5, 5.41) is 0. The molecular weight excluding hydrogens is 390 g/mol. The van der Waals surface area contributed by atoms with Crippen LogP contribution in [0.3, 0.4) is 0 Å². The zero-order valence-corrected chi connectivity index (χ0v) is 15.6. The van der Waals surface area contributed by atoms with Gasteiger partial charge in [0.1, 0.15) is 5.75 Å². The number of ether oxygens (including phenoxy) is 4. The van der Waals surface area contributed by atoms with Crippen molar-refractivity contribution < 1.29 is 23.7 Å². The first kappa shape index (κ1) is 19.0. The van der Waals surface area contributed by atoms with Crippen molar-refractivity contribution in [3.8, 4) is 11.6 Å². The minimum Gasteiger partial charge on any atom is -0.481 e. The maximum absolute atomic E-state index is 11.4. The summed E-state index contributed by atoms with van der Waals surface area (Å²) in [6.07, 6.45) is 2.87. The Morgan fingerprint density at radius 1 is 1.12 bits per heavy atom. The van der Waals surface area contributed by atoms with Crippen LogP contribution in [-0.2, 0) is 9.47 Å². The Kier molecular flexibility index (Phi) is 6.97. The molecule has 2 rings (SSSR count). The lowest BCUT2D eigenvalue weighted by Gasteiger charge is -2.14. The number of aromatic nitrogens is 1. The molecule has 7 heteroatoms. The van der Waals surface area contributed by atoms with E-state index < -0.39 is 12.3 Å². The van der Waals surface area contributed by atoms with Gasteiger partial charge in [0.15, 0.2) is 0 Å². The summed E-state index contributed by atoms with van der Waals surface area (Å²) in [7, 11) is 4.43. The minimum atomic E-state index is -0.621. The lowest BCUT2D eigenvalue weighted by molar-refractivity contribution is -0.0151. The van der Waals surface area contributed by atoms with Crippen molar-refractivity contribution in [3.05, 3.63) is 58.2 Å². The topological polar surface area (TPSA) is 66.9 Å². The van der Waals surface area contributed by atoms with E-state index in [9.17, 15) is 4.79 Å². The fourth-order valence-electron chi connectivity index (χ4n) is 1.93. The van der Waals surface area contributed by atoms with Crippen molar-refractivity contribution in [2.75, 3.05) is 21.3 Å². The number of hydrogen-bond acceptors (Lipinski definition) is 6. The number of pyridine rings is 1. The highest BCUT2D eigenvalue weighted by Gasteiger charge is 2.09. The Labute approximate surface area is 154 Å². The number of carbonyl (C=O) groups excluding carboxylic acids is 1. The first-order valence-electron chi connectivity index (χ1n) is 7.34. The molecule has 0 aliphatic heterocycles. The number of halogens is 1. The van der Waals surface area contributed by atoms with E-state index >= 15 is 0 Å². The van der Waals surface area contributed by atoms with Gasteiger partial charge in [0.2, 0.25) is 12.2 Å². The van der Waals surface area contributed by atoms with Gasteiger partial charge in [-0.15, -0.1) is 0 Å². The Bertz CT molecular complexity index is 746. The molecule has 0 spiro atoms. The maximum Gasteiger partial charge on any atom is 0.337 e. The Balaban J connectivity index is 2.08. The predicted octanol–water partition coefficient (Wildman–Crippen LogP) is 3.70. The van der Waals surface area contributed by atoms with Crippen molar-refractivity contribution in [2.24, 2.45) is 0 Å². The van der Waals surface area contributed by atoms with Gasteiger partial charge < -0.3 is 18.9 Å². The third-order valence-electron chi connectivity index (χ3n) is 3.23. The number of hydrogen-bond donors (Lipinski definition) is 0. The van der Waals surface area contributed by atoms with Gasteiger partial charge in [-0.2, -0.15) is 0 Å². The van der Waals surface area contributed by atoms with Crippen molar-refractivity contribution in [2.45, 2.75) is 6.29 Å². The van der Waals surface area contributed by atoms with Crippen LogP contribution in [-0.4, -0.2) is 38.6 Å². The fourth-order valence-corrected chi connectivity index (χ4v) is 2.28. The zero-order chi connectivity index (χ0) is 18.2. The predicted molar refractivity (Wildman–Crippen MR) is 96.7 cm³/mol. The summed E-state index contributed by atoms with van der Waals surface area (Å²) < 4.78 is 21.6. The summed E-state index contributed by atoms with van der Waals surface area (Å²) in [4.78, 5) is 15.8. The van der Waals surface area contributed by atoms with Crippen molar-refractivity contribution in [1.29, 1.82) is 0 Å². The number of esters is 1. The molecule has 0 bridgehead atoms. The highest BCUT2D eigenvalue weighted by Crippen LogP contribution is 2.21. The molecule has 0 aliphatic carbocycles. The fraction of sp³-hybridized carbons (Fsp3) is 0.222. The van der Waals surface area contributed by atoms with Gasteiger partial charge in [-0.3, -0.25) is 0 Å². The second-order valence-electron chi connectivity index (χ2n) is 4.82. The van der Waals surface area contributed by atoms with Gasteiger partial charge in [0.25, 0.3) is 0 Å². The van der Waals surface area contributed by atoms with Crippen molar-refractivity contribution in [1.82, 2.24) is 4.98 Å². The first-order chi connectivity index (χ1) is 12.1. The maximum atomic E-state index is 11.4. The van der Waals surface area contributed by atoms with E-state index in [0.717, 1.165) is 4.47 Å². The van der Waals surface area contributed by atoms with Crippen LogP contribution in [0.4, 0.5) is 0 Å². The van der Waals surface area contributed by atoms with Gasteiger partial charge in [-0.25, -0.2) is 9.78 Å².